The minimum atomic E-state index is -3.52. The van der Waals surface area contributed by atoms with E-state index in [-0.39, 0.29) is 24.8 Å². The molecule has 8 heteroatoms. The molecule has 198 valence electrons. The molecule has 0 spiro atoms. The Morgan fingerprint density at radius 3 is 2.14 bits per heavy atom. The maximum atomic E-state index is 13.5. The molecule has 0 aliphatic heterocycles. The van der Waals surface area contributed by atoms with E-state index in [4.69, 9.17) is 0 Å². The molecule has 36 heavy (non-hydrogen) atoms. The van der Waals surface area contributed by atoms with Crippen LogP contribution in [0.25, 0.3) is 0 Å². The molecular formula is C28H41N3O4S. The largest absolute Gasteiger partial charge is 0.350 e. The van der Waals surface area contributed by atoms with Crippen LogP contribution in [0.3, 0.4) is 0 Å². The van der Waals surface area contributed by atoms with Gasteiger partial charge in [-0.3, -0.25) is 13.9 Å². The van der Waals surface area contributed by atoms with Crippen molar-refractivity contribution in [2.45, 2.75) is 78.9 Å². The molecule has 0 saturated carbocycles. The summed E-state index contributed by atoms with van der Waals surface area (Å²) in [4.78, 5) is 28.3. The molecule has 0 bridgehead atoms. The van der Waals surface area contributed by atoms with Crippen molar-refractivity contribution >= 4 is 27.5 Å². The van der Waals surface area contributed by atoms with Gasteiger partial charge in [0.05, 0.1) is 11.9 Å². The average Bonchev–Trinajstić information content (AvgIpc) is 2.74. The molecule has 0 aliphatic rings. The summed E-state index contributed by atoms with van der Waals surface area (Å²) in [6.07, 6.45) is 2.10. The van der Waals surface area contributed by atoms with Crippen molar-refractivity contribution in [1.29, 1.82) is 0 Å². The molecule has 0 radical (unpaired) electrons. The highest BCUT2D eigenvalue weighted by Crippen LogP contribution is 2.21. The van der Waals surface area contributed by atoms with Crippen molar-refractivity contribution in [3.05, 3.63) is 65.2 Å². The quantitative estimate of drug-likeness (QED) is 0.475. The normalized spacial score (nSPS) is 12.6. The SMILES string of the molecule is CC[C@@H](C(=O)NC(C)(C)C)N(Cc1cccc(C)c1)C(=O)CCCN(c1cccc(C)c1)S(C)(=O)=O. The van der Waals surface area contributed by atoms with Gasteiger partial charge in [-0.05, 0) is 70.7 Å². The van der Waals surface area contributed by atoms with E-state index in [2.05, 4.69) is 5.32 Å². The zero-order valence-electron chi connectivity index (χ0n) is 22.7. The Morgan fingerprint density at radius 2 is 1.61 bits per heavy atom. The van der Waals surface area contributed by atoms with E-state index >= 15 is 0 Å². The second-order valence-electron chi connectivity index (χ2n) is 10.5. The van der Waals surface area contributed by atoms with Gasteiger partial charge in [-0.1, -0.05) is 48.9 Å². The van der Waals surface area contributed by atoms with Crippen molar-refractivity contribution in [3.63, 3.8) is 0 Å². The first kappa shape index (κ1) is 29.4. The zero-order valence-corrected chi connectivity index (χ0v) is 23.5. The van der Waals surface area contributed by atoms with E-state index in [9.17, 15) is 18.0 Å². The molecule has 0 saturated heterocycles. The van der Waals surface area contributed by atoms with Crippen molar-refractivity contribution in [2.75, 3.05) is 17.1 Å². The Kier molecular flexibility index (Phi) is 10.1. The Balaban J connectivity index is 2.24. The highest BCUT2D eigenvalue weighted by molar-refractivity contribution is 7.92. The number of benzene rings is 2. The maximum Gasteiger partial charge on any atom is 0.243 e. The molecular weight excluding hydrogens is 474 g/mol. The van der Waals surface area contributed by atoms with Crippen molar-refractivity contribution < 1.29 is 18.0 Å². The van der Waals surface area contributed by atoms with Gasteiger partial charge in [0, 0.05) is 25.0 Å². The molecule has 0 unspecified atom stereocenters. The average molecular weight is 516 g/mol. The van der Waals surface area contributed by atoms with Gasteiger partial charge in [0.15, 0.2) is 0 Å². The Morgan fingerprint density at radius 1 is 1.00 bits per heavy atom. The van der Waals surface area contributed by atoms with Crippen molar-refractivity contribution in [3.8, 4) is 0 Å². The number of sulfonamides is 1. The number of amides is 2. The van der Waals surface area contributed by atoms with Crippen LogP contribution in [0.2, 0.25) is 0 Å². The predicted octanol–water partition coefficient (Wildman–Crippen LogP) is 4.57. The van der Waals surface area contributed by atoms with Crippen LogP contribution in [-0.2, 0) is 26.2 Å². The maximum absolute atomic E-state index is 13.5. The van der Waals surface area contributed by atoms with Crippen LogP contribution in [0.1, 0.15) is 63.6 Å². The number of nitrogens with zero attached hydrogens (tertiary/aromatic N) is 2. The summed E-state index contributed by atoms with van der Waals surface area (Å²) in [6.45, 7) is 12.0. The van der Waals surface area contributed by atoms with Gasteiger partial charge in [0.2, 0.25) is 21.8 Å². The third-order valence-corrected chi connectivity index (χ3v) is 6.96. The first-order chi connectivity index (χ1) is 16.7. The summed E-state index contributed by atoms with van der Waals surface area (Å²) in [6, 6.07) is 14.6. The second-order valence-corrected chi connectivity index (χ2v) is 12.4. The van der Waals surface area contributed by atoms with Crippen LogP contribution < -0.4 is 9.62 Å². The fourth-order valence-corrected chi connectivity index (χ4v) is 5.12. The number of aryl methyl sites for hydroxylation is 2. The van der Waals surface area contributed by atoms with Gasteiger partial charge in [-0.2, -0.15) is 0 Å². The van der Waals surface area contributed by atoms with Crippen LogP contribution >= 0.6 is 0 Å². The van der Waals surface area contributed by atoms with Gasteiger partial charge in [0.1, 0.15) is 6.04 Å². The lowest BCUT2D eigenvalue weighted by Gasteiger charge is -2.33. The zero-order chi connectivity index (χ0) is 27.1. The number of hydrogen-bond acceptors (Lipinski definition) is 4. The lowest BCUT2D eigenvalue weighted by molar-refractivity contribution is -0.142. The van der Waals surface area contributed by atoms with E-state index in [0.29, 0.717) is 25.1 Å². The second kappa shape index (κ2) is 12.4. The van der Waals surface area contributed by atoms with Crippen LogP contribution in [0.5, 0.6) is 0 Å². The van der Waals surface area contributed by atoms with Gasteiger partial charge >= 0.3 is 0 Å². The molecule has 0 aromatic heterocycles. The third kappa shape index (κ3) is 8.97. The molecule has 7 nitrogen and oxygen atoms in total. The van der Waals surface area contributed by atoms with E-state index in [1.165, 1.54) is 10.6 Å². The number of hydrogen-bond donors (Lipinski definition) is 1. The summed E-state index contributed by atoms with van der Waals surface area (Å²) >= 11 is 0. The molecule has 0 aliphatic carbocycles. The lowest BCUT2D eigenvalue weighted by atomic mass is 10.0. The van der Waals surface area contributed by atoms with E-state index in [1.54, 1.807) is 11.0 Å². The Labute approximate surface area is 216 Å². The monoisotopic (exact) mass is 515 g/mol. The summed E-state index contributed by atoms with van der Waals surface area (Å²) in [5, 5.41) is 3.00. The molecule has 0 fully saturated rings. The van der Waals surface area contributed by atoms with Crippen molar-refractivity contribution in [2.24, 2.45) is 0 Å². The highest BCUT2D eigenvalue weighted by atomic mass is 32.2. The third-order valence-electron chi connectivity index (χ3n) is 5.76. The molecule has 0 heterocycles. The van der Waals surface area contributed by atoms with Crippen LogP contribution in [0.15, 0.2) is 48.5 Å². The van der Waals surface area contributed by atoms with Crippen LogP contribution in [0.4, 0.5) is 5.69 Å². The topological polar surface area (TPSA) is 86.8 Å². The van der Waals surface area contributed by atoms with Crippen molar-refractivity contribution in [1.82, 2.24) is 10.2 Å². The standard InChI is InChI=1S/C28H41N3O4S/c1-8-25(27(33)29-28(4,5)6)30(20-23-14-9-12-21(2)18-23)26(32)16-11-17-31(36(7,34)35)24-15-10-13-22(3)19-24/h9-10,12-15,18-19,25H,8,11,16-17,20H2,1-7H3,(H,29,33)/t25-/m0/s1. The smallest absolute Gasteiger partial charge is 0.243 e. The summed E-state index contributed by atoms with van der Waals surface area (Å²) in [7, 11) is -3.52. The van der Waals surface area contributed by atoms with Crippen LogP contribution in [-0.4, -0.2) is 49.5 Å². The van der Waals surface area contributed by atoms with Crippen LogP contribution in [0, 0.1) is 13.8 Å². The molecule has 2 rings (SSSR count). The summed E-state index contributed by atoms with van der Waals surface area (Å²) in [5.41, 5.74) is 3.14. The molecule has 1 N–H and O–H groups in total. The summed E-state index contributed by atoms with van der Waals surface area (Å²) < 4.78 is 26.3. The molecule has 1 atom stereocenters. The number of nitrogens with one attached hydrogen (secondary N) is 1. The Bertz CT molecular complexity index is 1160. The number of rotatable bonds is 11. The van der Waals surface area contributed by atoms with Gasteiger partial charge in [-0.25, -0.2) is 8.42 Å². The van der Waals surface area contributed by atoms with Gasteiger partial charge in [0.25, 0.3) is 0 Å². The fourth-order valence-electron chi connectivity index (χ4n) is 4.17. The van der Waals surface area contributed by atoms with E-state index in [1.807, 2.05) is 84.0 Å². The van der Waals surface area contributed by atoms with Gasteiger partial charge in [-0.15, -0.1) is 0 Å². The first-order valence-corrected chi connectivity index (χ1v) is 14.3. The predicted molar refractivity (Wildman–Crippen MR) is 146 cm³/mol. The Hall–Kier alpha value is -2.87. The molecule has 2 aromatic carbocycles. The number of carbonyl (C=O) groups excluding carboxylic acids is 2. The molecule has 2 amide bonds. The fraction of sp³-hybridized carbons (Fsp3) is 0.500. The summed E-state index contributed by atoms with van der Waals surface area (Å²) in [5.74, 6) is -0.367. The van der Waals surface area contributed by atoms with E-state index in [0.717, 1.165) is 16.7 Å². The first-order valence-electron chi connectivity index (χ1n) is 12.4. The minimum Gasteiger partial charge on any atom is -0.350 e. The molecule has 2 aromatic rings. The van der Waals surface area contributed by atoms with Gasteiger partial charge < -0.3 is 10.2 Å². The lowest BCUT2D eigenvalue weighted by Crippen LogP contribution is -2.53. The number of carbonyl (C=O) groups is 2. The highest BCUT2D eigenvalue weighted by Gasteiger charge is 2.30. The number of anilines is 1. The minimum absolute atomic E-state index is 0.128. The van der Waals surface area contributed by atoms with E-state index < -0.39 is 21.6 Å².